The minimum absolute atomic E-state index is 0.0771. The van der Waals surface area contributed by atoms with Gasteiger partial charge in [-0.05, 0) is 41.3 Å². The molecule has 1 unspecified atom stereocenters. The van der Waals surface area contributed by atoms with Crippen molar-refractivity contribution in [2.75, 3.05) is 11.9 Å². The lowest BCUT2D eigenvalue weighted by atomic mass is 9.75. The Morgan fingerprint density at radius 1 is 0.913 bits per heavy atom. The molecule has 0 saturated heterocycles. The topological polar surface area (TPSA) is 3.24 Å². The van der Waals surface area contributed by atoms with Crippen LogP contribution in [0.25, 0.3) is 10.8 Å². The molecule has 1 heterocycles. The molecular formula is C22H21N. The number of anilines is 1. The number of hydrogen-bond donors (Lipinski definition) is 0. The van der Waals surface area contributed by atoms with Gasteiger partial charge >= 0.3 is 0 Å². The number of likely N-dealkylation sites (N-methyl/N-ethyl adjacent to an activating group) is 1. The van der Waals surface area contributed by atoms with E-state index in [2.05, 4.69) is 92.2 Å². The Bertz CT molecular complexity index is 894. The van der Waals surface area contributed by atoms with Crippen LogP contribution in [0, 0.1) is 0 Å². The van der Waals surface area contributed by atoms with Crippen LogP contribution in [0.15, 0.2) is 79.0 Å². The molecule has 1 nitrogen and oxygen atoms in total. The zero-order valence-electron chi connectivity index (χ0n) is 13.7. The van der Waals surface area contributed by atoms with Crippen molar-refractivity contribution in [1.82, 2.24) is 0 Å². The third-order valence-electron chi connectivity index (χ3n) is 5.26. The second kappa shape index (κ2) is 4.99. The fourth-order valence-electron chi connectivity index (χ4n) is 3.97. The highest BCUT2D eigenvalue weighted by atomic mass is 15.2. The molecule has 1 atom stereocenters. The van der Waals surface area contributed by atoms with Gasteiger partial charge in [0.2, 0.25) is 0 Å². The van der Waals surface area contributed by atoms with Gasteiger partial charge in [-0.15, -0.1) is 0 Å². The molecule has 114 valence electrons. The van der Waals surface area contributed by atoms with Gasteiger partial charge in [-0.3, -0.25) is 0 Å². The van der Waals surface area contributed by atoms with E-state index in [1.165, 1.54) is 33.3 Å². The normalized spacial score (nSPS) is 20.1. The molecule has 1 aliphatic rings. The van der Waals surface area contributed by atoms with Crippen molar-refractivity contribution in [1.29, 1.82) is 0 Å². The van der Waals surface area contributed by atoms with E-state index in [0.29, 0.717) is 0 Å². The molecule has 0 N–H and O–H groups in total. The minimum Gasteiger partial charge on any atom is -0.348 e. The van der Waals surface area contributed by atoms with E-state index in [4.69, 9.17) is 0 Å². The Hall–Kier alpha value is -2.54. The standard InChI is InChI=1S/C22H21N/c1-16-22(2,15-17-9-5-4-6-10-17)21-19-12-8-7-11-18(19)13-14-20(21)23(16)3/h4-14H,1,15H2,2-3H3. The first-order valence-corrected chi connectivity index (χ1v) is 8.10. The largest absolute Gasteiger partial charge is 0.348 e. The van der Waals surface area contributed by atoms with E-state index in [1.807, 2.05) is 0 Å². The molecule has 0 amide bonds. The lowest BCUT2D eigenvalue weighted by Crippen LogP contribution is -2.28. The maximum absolute atomic E-state index is 4.43. The van der Waals surface area contributed by atoms with E-state index >= 15 is 0 Å². The number of fused-ring (bicyclic) bond motifs is 3. The van der Waals surface area contributed by atoms with E-state index < -0.39 is 0 Å². The third kappa shape index (κ3) is 2.00. The summed E-state index contributed by atoms with van der Waals surface area (Å²) in [5.41, 5.74) is 5.14. The lowest BCUT2D eigenvalue weighted by molar-refractivity contribution is 0.574. The second-order valence-corrected chi connectivity index (χ2v) is 6.68. The van der Waals surface area contributed by atoms with Crippen LogP contribution >= 0.6 is 0 Å². The summed E-state index contributed by atoms with van der Waals surface area (Å²) in [5, 5.41) is 2.64. The zero-order chi connectivity index (χ0) is 16.0. The SMILES string of the molecule is C=C1N(C)c2ccc3ccccc3c2C1(C)Cc1ccccc1. The van der Waals surface area contributed by atoms with Gasteiger partial charge in [0.15, 0.2) is 0 Å². The predicted octanol–water partition coefficient (Wildman–Crippen LogP) is 5.30. The van der Waals surface area contributed by atoms with Crippen molar-refractivity contribution in [2.45, 2.75) is 18.8 Å². The van der Waals surface area contributed by atoms with Gasteiger partial charge in [0.05, 0.1) is 0 Å². The first-order chi connectivity index (χ1) is 11.1. The van der Waals surface area contributed by atoms with Crippen molar-refractivity contribution in [3.8, 4) is 0 Å². The number of benzene rings is 3. The Balaban J connectivity index is 1.96. The first-order valence-electron chi connectivity index (χ1n) is 8.10. The van der Waals surface area contributed by atoms with Crippen LogP contribution < -0.4 is 4.90 Å². The van der Waals surface area contributed by atoms with Gasteiger partial charge in [-0.25, -0.2) is 0 Å². The second-order valence-electron chi connectivity index (χ2n) is 6.68. The molecule has 3 aromatic carbocycles. The van der Waals surface area contributed by atoms with Gasteiger partial charge in [-0.2, -0.15) is 0 Å². The van der Waals surface area contributed by atoms with E-state index in [0.717, 1.165) is 6.42 Å². The maximum atomic E-state index is 4.43. The summed E-state index contributed by atoms with van der Waals surface area (Å²) < 4.78 is 0. The van der Waals surface area contributed by atoms with Crippen molar-refractivity contribution in [3.63, 3.8) is 0 Å². The molecule has 4 rings (SSSR count). The number of nitrogens with zero attached hydrogens (tertiary/aromatic N) is 1. The quantitative estimate of drug-likeness (QED) is 0.620. The van der Waals surface area contributed by atoms with Gasteiger partial charge < -0.3 is 4.90 Å². The van der Waals surface area contributed by atoms with Crippen LogP contribution in [0.1, 0.15) is 18.1 Å². The van der Waals surface area contributed by atoms with Crippen LogP contribution in [0.5, 0.6) is 0 Å². The highest BCUT2D eigenvalue weighted by molar-refractivity contribution is 5.94. The van der Waals surface area contributed by atoms with Gasteiger partial charge in [-0.1, -0.05) is 67.2 Å². The molecular weight excluding hydrogens is 278 g/mol. The fourth-order valence-corrected chi connectivity index (χ4v) is 3.97. The highest BCUT2D eigenvalue weighted by Gasteiger charge is 2.42. The maximum Gasteiger partial charge on any atom is 0.0454 e. The minimum atomic E-state index is -0.0771. The van der Waals surface area contributed by atoms with Crippen molar-refractivity contribution < 1.29 is 0 Å². The van der Waals surface area contributed by atoms with Gasteiger partial charge in [0.25, 0.3) is 0 Å². The smallest absolute Gasteiger partial charge is 0.0454 e. The Labute approximate surface area is 137 Å². The summed E-state index contributed by atoms with van der Waals surface area (Å²) in [4.78, 5) is 2.25. The summed E-state index contributed by atoms with van der Waals surface area (Å²) in [6.07, 6.45) is 0.970. The lowest BCUT2D eigenvalue weighted by Gasteiger charge is -2.28. The average Bonchev–Trinajstić information content (AvgIpc) is 2.78. The molecule has 23 heavy (non-hydrogen) atoms. The first kappa shape index (κ1) is 14.1. The Morgan fingerprint density at radius 3 is 2.39 bits per heavy atom. The van der Waals surface area contributed by atoms with Crippen molar-refractivity contribution >= 4 is 16.5 Å². The van der Waals surface area contributed by atoms with Crippen molar-refractivity contribution in [3.05, 3.63) is 90.1 Å². The third-order valence-corrected chi connectivity index (χ3v) is 5.26. The van der Waals surface area contributed by atoms with Crippen LogP contribution in [0.2, 0.25) is 0 Å². The van der Waals surface area contributed by atoms with E-state index in [1.54, 1.807) is 0 Å². The molecule has 1 heteroatoms. The average molecular weight is 299 g/mol. The molecule has 0 aliphatic carbocycles. The number of hydrogen-bond acceptors (Lipinski definition) is 1. The molecule has 0 bridgehead atoms. The Kier molecular flexibility index (Phi) is 3.05. The van der Waals surface area contributed by atoms with Gasteiger partial charge in [0.1, 0.15) is 0 Å². The summed E-state index contributed by atoms with van der Waals surface area (Å²) >= 11 is 0. The molecule has 1 aliphatic heterocycles. The van der Waals surface area contributed by atoms with Gasteiger partial charge in [0, 0.05) is 23.8 Å². The fraction of sp³-hybridized carbons (Fsp3) is 0.182. The molecule has 3 aromatic rings. The monoisotopic (exact) mass is 299 g/mol. The number of rotatable bonds is 2. The molecule has 0 radical (unpaired) electrons. The molecule has 0 saturated carbocycles. The van der Waals surface area contributed by atoms with E-state index in [9.17, 15) is 0 Å². The van der Waals surface area contributed by atoms with Crippen LogP contribution in [0.4, 0.5) is 5.69 Å². The molecule has 0 aromatic heterocycles. The predicted molar refractivity (Wildman–Crippen MR) is 99.0 cm³/mol. The molecule has 0 spiro atoms. The summed E-state index contributed by atoms with van der Waals surface area (Å²) in [6, 6.07) is 23.8. The van der Waals surface area contributed by atoms with Crippen LogP contribution in [-0.4, -0.2) is 7.05 Å². The van der Waals surface area contributed by atoms with Crippen LogP contribution in [-0.2, 0) is 11.8 Å². The Morgan fingerprint density at radius 2 is 1.61 bits per heavy atom. The zero-order valence-corrected chi connectivity index (χ0v) is 13.7. The van der Waals surface area contributed by atoms with E-state index in [-0.39, 0.29) is 5.41 Å². The van der Waals surface area contributed by atoms with Crippen molar-refractivity contribution in [2.24, 2.45) is 0 Å². The summed E-state index contributed by atoms with van der Waals surface area (Å²) in [7, 11) is 2.13. The van der Waals surface area contributed by atoms with Crippen LogP contribution in [0.3, 0.4) is 0 Å². The molecule has 0 fully saturated rings. The highest BCUT2D eigenvalue weighted by Crippen LogP contribution is 2.51. The summed E-state index contributed by atoms with van der Waals surface area (Å²) in [5.74, 6) is 0. The number of allylic oxidation sites excluding steroid dienone is 1. The summed E-state index contributed by atoms with van der Waals surface area (Å²) in [6.45, 7) is 6.76.